The molecule has 0 atom stereocenters. The number of carbonyl (C=O) groups excluding carboxylic acids is 1. The summed E-state index contributed by atoms with van der Waals surface area (Å²) in [5, 5.41) is 25.9. The summed E-state index contributed by atoms with van der Waals surface area (Å²) in [4.78, 5) is 32.6. The van der Waals surface area contributed by atoms with Gasteiger partial charge in [-0.05, 0) is 19.8 Å². The smallest absolute Gasteiger partial charge is 0.322 e. The summed E-state index contributed by atoms with van der Waals surface area (Å²) in [6, 6.07) is 0. The van der Waals surface area contributed by atoms with E-state index in [-0.39, 0.29) is 23.5 Å². The molecule has 1 rings (SSSR count). The maximum Gasteiger partial charge on any atom is 0.322 e. The van der Waals surface area contributed by atoms with E-state index in [1.54, 1.807) is 0 Å². The highest BCUT2D eigenvalue weighted by atomic mass is 16.6. The van der Waals surface area contributed by atoms with Crippen LogP contribution in [0.1, 0.15) is 41.9 Å². The van der Waals surface area contributed by atoms with Gasteiger partial charge in [0.2, 0.25) is 5.69 Å². The summed E-state index contributed by atoms with van der Waals surface area (Å²) < 4.78 is 1.19. The van der Waals surface area contributed by atoms with E-state index in [1.807, 2.05) is 0 Å². The molecule has 0 radical (unpaired) electrons. The number of nitrogens with one attached hydrogen (secondary N) is 1. The highest BCUT2D eigenvalue weighted by Gasteiger charge is 2.28. The van der Waals surface area contributed by atoms with Crippen LogP contribution < -0.4 is 5.32 Å². The average Bonchev–Trinajstić information content (AvgIpc) is 2.67. The second-order valence-corrected chi connectivity index (χ2v) is 4.62. The van der Waals surface area contributed by atoms with Crippen molar-refractivity contribution < 1.29 is 19.6 Å². The first-order chi connectivity index (χ1) is 9.84. The van der Waals surface area contributed by atoms with Crippen LogP contribution in [0.5, 0.6) is 0 Å². The second-order valence-electron chi connectivity index (χ2n) is 4.62. The highest BCUT2D eigenvalue weighted by molar-refractivity contribution is 5.96. The van der Waals surface area contributed by atoms with Gasteiger partial charge in [-0.25, -0.2) is 0 Å². The van der Waals surface area contributed by atoms with Crippen LogP contribution in [0.2, 0.25) is 0 Å². The number of rotatable bonds is 8. The molecule has 0 aliphatic rings. The van der Waals surface area contributed by atoms with Gasteiger partial charge in [-0.1, -0.05) is 6.42 Å². The largest absolute Gasteiger partial charge is 0.481 e. The lowest BCUT2D eigenvalue weighted by Crippen LogP contribution is -2.27. The molecule has 9 nitrogen and oxygen atoms in total. The van der Waals surface area contributed by atoms with E-state index < -0.39 is 16.8 Å². The molecule has 0 spiro atoms. The standard InChI is InChI=1S/C12H18N4O5/c1-8-10(16(20)21)11(15(2)14-8)12(19)13-7-5-3-4-6-9(17)18/h3-7H2,1-2H3,(H,13,19)(H,17,18). The van der Waals surface area contributed by atoms with Crippen LogP contribution in [0.3, 0.4) is 0 Å². The molecule has 0 aliphatic heterocycles. The molecule has 1 aromatic heterocycles. The number of nitrogens with zero attached hydrogens (tertiary/aromatic N) is 3. The Morgan fingerprint density at radius 2 is 2.05 bits per heavy atom. The van der Waals surface area contributed by atoms with Gasteiger partial charge in [0.05, 0.1) is 4.92 Å². The Morgan fingerprint density at radius 1 is 1.38 bits per heavy atom. The van der Waals surface area contributed by atoms with Gasteiger partial charge < -0.3 is 10.4 Å². The lowest BCUT2D eigenvalue weighted by Gasteiger charge is -2.04. The van der Waals surface area contributed by atoms with Crippen molar-refractivity contribution >= 4 is 17.6 Å². The van der Waals surface area contributed by atoms with Gasteiger partial charge in [0.15, 0.2) is 0 Å². The number of carboxylic acids is 1. The van der Waals surface area contributed by atoms with Crippen LogP contribution in [0.25, 0.3) is 0 Å². The van der Waals surface area contributed by atoms with Crippen LogP contribution in [0.15, 0.2) is 0 Å². The number of aryl methyl sites for hydroxylation is 2. The molecule has 9 heteroatoms. The number of amides is 1. The van der Waals surface area contributed by atoms with Gasteiger partial charge in [-0.3, -0.25) is 24.4 Å². The van der Waals surface area contributed by atoms with E-state index in [0.29, 0.717) is 25.8 Å². The van der Waals surface area contributed by atoms with Crippen molar-refractivity contribution in [2.24, 2.45) is 7.05 Å². The normalized spacial score (nSPS) is 10.4. The number of hydrogen-bond donors (Lipinski definition) is 2. The Bertz CT molecular complexity index is 552. The number of aliphatic carboxylic acids is 1. The van der Waals surface area contributed by atoms with Crippen molar-refractivity contribution in [3.63, 3.8) is 0 Å². The SMILES string of the molecule is Cc1nn(C)c(C(=O)NCCCCCC(=O)O)c1[N+](=O)[O-]. The van der Waals surface area contributed by atoms with E-state index >= 15 is 0 Å². The molecule has 0 unspecified atom stereocenters. The molecular weight excluding hydrogens is 280 g/mol. The maximum absolute atomic E-state index is 12.0. The summed E-state index contributed by atoms with van der Waals surface area (Å²) in [6.45, 7) is 1.81. The Balaban J connectivity index is 2.53. The molecule has 0 saturated carbocycles. The minimum absolute atomic E-state index is 0.0805. The van der Waals surface area contributed by atoms with Gasteiger partial charge in [0.25, 0.3) is 5.91 Å². The van der Waals surface area contributed by atoms with E-state index in [0.717, 1.165) is 0 Å². The van der Waals surface area contributed by atoms with Crippen molar-refractivity contribution in [3.8, 4) is 0 Å². The Morgan fingerprint density at radius 3 is 2.62 bits per heavy atom. The first-order valence-corrected chi connectivity index (χ1v) is 6.52. The number of hydrogen-bond acceptors (Lipinski definition) is 5. The molecule has 1 aromatic rings. The first kappa shape index (κ1) is 16.6. The molecule has 0 aromatic carbocycles. The summed E-state index contributed by atoms with van der Waals surface area (Å²) >= 11 is 0. The minimum Gasteiger partial charge on any atom is -0.481 e. The van der Waals surface area contributed by atoms with Crippen LogP contribution in [-0.2, 0) is 11.8 Å². The third-order valence-electron chi connectivity index (χ3n) is 2.94. The zero-order chi connectivity index (χ0) is 16.0. The Hall–Kier alpha value is -2.45. The third-order valence-corrected chi connectivity index (χ3v) is 2.94. The fourth-order valence-electron chi connectivity index (χ4n) is 1.98. The van der Waals surface area contributed by atoms with E-state index in [1.165, 1.54) is 18.7 Å². The number of nitro groups is 1. The second kappa shape index (κ2) is 7.36. The molecule has 0 fully saturated rings. The zero-order valence-electron chi connectivity index (χ0n) is 12.0. The first-order valence-electron chi connectivity index (χ1n) is 6.52. The third kappa shape index (κ3) is 4.55. The van der Waals surface area contributed by atoms with E-state index in [2.05, 4.69) is 10.4 Å². The van der Waals surface area contributed by atoms with Crippen molar-refractivity contribution in [1.82, 2.24) is 15.1 Å². The zero-order valence-corrected chi connectivity index (χ0v) is 12.0. The van der Waals surface area contributed by atoms with Gasteiger partial charge >= 0.3 is 11.7 Å². The van der Waals surface area contributed by atoms with Crippen LogP contribution in [0, 0.1) is 17.0 Å². The minimum atomic E-state index is -0.847. The number of carbonyl (C=O) groups is 2. The van der Waals surface area contributed by atoms with Gasteiger partial charge in [-0.2, -0.15) is 5.10 Å². The molecule has 21 heavy (non-hydrogen) atoms. The van der Waals surface area contributed by atoms with Crippen molar-refractivity contribution in [2.75, 3.05) is 6.54 Å². The molecule has 2 N–H and O–H groups in total. The monoisotopic (exact) mass is 298 g/mol. The number of unbranched alkanes of at least 4 members (excludes halogenated alkanes) is 2. The molecule has 1 amide bonds. The summed E-state index contributed by atoms with van der Waals surface area (Å²) in [7, 11) is 1.47. The topological polar surface area (TPSA) is 127 Å². The molecule has 0 aliphatic carbocycles. The fraction of sp³-hybridized carbons (Fsp3) is 0.583. The number of carboxylic acid groups (broad SMARTS) is 1. The van der Waals surface area contributed by atoms with Crippen molar-refractivity contribution in [1.29, 1.82) is 0 Å². The van der Waals surface area contributed by atoms with Crippen LogP contribution in [-0.4, -0.2) is 38.2 Å². The van der Waals surface area contributed by atoms with Gasteiger partial charge in [-0.15, -0.1) is 0 Å². The summed E-state index contributed by atoms with van der Waals surface area (Å²) in [5.41, 5.74) is -0.182. The predicted molar refractivity (Wildman–Crippen MR) is 73.0 cm³/mol. The maximum atomic E-state index is 12.0. The average molecular weight is 298 g/mol. The van der Waals surface area contributed by atoms with Gasteiger partial charge in [0.1, 0.15) is 5.69 Å². The van der Waals surface area contributed by atoms with Gasteiger partial charge in [0, 0.05) is 20.0 Å². The predicted octanol–water partition coefficient (Wildman–Crippen LogP) is 1.01. The van der Waals surface area contributed by atoms with Crippen LogP contribution >= 0.6 is 0 Å². The highest BCUT2D eigenvalue weighted by Crippen LogP contribution is 2.21. The van der Waals surface area contributed by atoms with E-state index in [4.69, 9.17) is 5.11 Å². The Labute approximate surface area is 121 Å². The van der Waals surface area contributed by atoms with Crippen molar-refractivity contribution in [2.45, 2.75) is 32.6 Å². The Kier molecular flexibility index (Phi) is 5.82. The molecule has 1 heterocycles. The fourth-order valence-corrected chi connectivity index (χ4v) is 1.98. The lowest BCUT2D eigenvalue weighted by molar-refractivity contribution is -0.385. The number of aromatic nitrogens is 2. The molecule has 0 bridgehead atoms. The summed E-state index contributed by atoms with van der Waals surface area (Å²) in [5.74, 6) is -1.40. The van der Waals surface area contributed by atoms with Crippen molar-refractivity contribution in [3.05, 3.63) is 21.5 Å². The molecule has 0 saturated heterocycles. The molecule has 116 valence electrons. The summed E-state index contributed by atoms with van der Waals surface area (Å²) in [6.07, 6.45) is 1.92. The van der Waals surface area contributed by atoms with E-state index in [9.17, 15) is 19.7 Å². The quantitative estimate of drug-likeness (QED) is 0.419. The molecular formula is C12H18N4O5. The lowest BCUT2D eigenvalue weighted by atomic mass is 10.2. The van der Waals surface area contributed by atoms with Crippen LogP contribution in [0.4, 0.5) is 5.69 Å².